The van der Waals surface area contributed by atoms with E-state index >= 15 is 0 Å². The van der Waals surface area contributed by atoms with E-state index in [-0.39, 0.29) is 0 Å². The van der Waals surface area contributed by atoms with Crippen LogP contribution in [0.4, 0.5) is 17.1 Å². The van der Waals surface area contributed by atoms with Crippen LogP contribution in [0.15, 0.2) is 206 Å². The van der Waals surface area contributed by atoms with Gasteiger partial charge in [-0.2, -0.15) is 0 Å². The zero-order valence-corrected chi connectivity index (χ0v) is 30.7. The molecular formula is C52H34N2S. The van der Waals surface area contributed by atoms with Crippen LogP contribution < -0.4 is 4.90 Å². The van der Waals surface area contributed by atoms with Crippen molar-refractivity contribution in [1.82, 2.24) is 4.57 Å². The van der Waals surface area contributed by atoms with Gasteiger partial charge in [-0.25, -0.2) is 0 Å². The number of aromatic nitrogens is 1. The fourth-order valence-corrected chi connectivity index (χ4v) is 9.74. The predicted molar refractivity (Wildman–Crippen MR) is 237 cm³/mol. The van der Waals surface area contributed by atoms with Gasteiger partial charge < -0.3 is 9.47 Å². The molecule has 0 aliphatic rings. The Bertz CT molecular complexity index is 3150. The molecule has 0 amide bonds. The van der Waals surface area contributed by atoms with E-state index in [9.17, 15) is 0 Å². The fraction of sp³-hybridized carbons (Fsp3) is 0. The van der Waals surface area contributed by atoms with E-state index in [1.54, 1.807) is 0 Å². The van der Waals surface area contributed by atoms with Gasteiger partial charge in [0.1, 0.15) is 0 Å². The highest BCUT2D eigenvalue weighted by molar-refractivity contribution is 7.27. The summed E-state index contributed by atoms with van der Waals surface area (Å²) in [4.78, 5) is 2.44. The molecule has 55 heavy (non-hydrogen) atoms. The molecule has 0 bridgehead atoms. The normalized spacial score (nSPS) is 11.6. The van der Waals surface area contributed by atoms with Crippen LogP contribution in [-0.2, 0) is 0 Å². The smallest absolute Gasteiger partial charge is 0.0640 e. The molecule has 0 N–H and O–H groups in total. The molecule has 9 aromatic carbocycles. The third-order valence-electron chi connectivity index (χ3n) is 11.0. The van der Waals surface area contributed by atoms with E-state index in [1.165, 1.54) is 80.7 Å². The Morgan fingerprint density at radius 3 is 1.71 bits per heavy atom. The van der Waals surface area contributed by atoms with Gasteiger partial charge in [-0.15, -0.1) is 11.3 Å². The molecule has 0 unspecified atom stereocenters. The maximum absolute atomic E-state index is 2.44. The maximum Gasteiger partial charge on any atom is 0.0640 e. The summed E-state index contributed by atoms with van der Waals surface area (Å²) in [6.45, 7) is 0. The molecule has 258 valence electrons. The summed E-state index contributed by atoms with van der Waals surface area (Å²) >= 11 is 1.89. The number of thiophene rings is 1. The van der Waals surface area contributed by atoms with Gasteiger partial charge in [0.2, 0.25) is 0 Å². The molecule has 2 heterocycles. The second-order valence-corrected chi connectivity index (χ2v) is 15.2. The van der Waals surface area contributed by atoms with Gasteiger partial charge in [0.25, 0.3) is 0 Å². The molecule has 0 saturated heterocycles. The molecule has 0 saturated carbocycles. The van der Waals surface area contributed by atoms with Gasteiger partial charge >= 0.3 is 0 Å². The lowest BCUT2D eigenvalue weighted by Gasteiger charge is -2.27. The lowest BCUT2D eigenvalue weighted by Crippen LogP contribution is -2.10. The largest absolute Gasteiger partial charge is 0.309 e. The van der Waals surface area contributed by atoms with E-state index in [2.05, 4.69) is 216 Å². The molecule has 0 radical (unpaired) electrons. The Labute approximate surface area is 323 Å². The van der Waals surface area contributed by atoms with Crippen molar-refractivity contribution in [3.63, 3.8) is 0 Å². The number of para-hydroxylation sites is 2. The molecule has 0 atom stereocenters. The molecular weight excluding hydrogens is 685 g/mol. The summed E-state index contributed by atoms with van der Waals surface area (Å²) in [5, 5.41) is 7.70. The molecule has 11 aromatic rings. The SMILES string of the molecule is c1ccc(-c2cccc(N(c3ccc(-c4cccc(-n5c6ccccc6c6ccccc65)c4)cc3)c3cccc4c3sc3c5ccccc5ccc43)c2)cc1. The molecule has 3 heteroatoms. The summed E-state index contributed by atoms with van der Waals surface area (Å²) in [6, 6.07) is 75.1. The molecule has 0 aliphatic heterocycles. The molecule has 0 spiro atoms. The van der Waals surface area contributed by atoms with Crippen molar-refractivity contribution in [2.24, 2.45) is 0 Å². The Morgan fingerprint density at radius 1 is 0.345 bits per heavy atom. The molecule has 2 aromatic heterocycles. The third kappa shape index (κ3) is 5.24. The number of hydrogen-bond acceptors (Lipinski definition) is 2. The van der Waals surface area contributed by atoms with Crippen LogP contribution >= 0.6 is 11.3 Å². The van der Waals surface area contributed by atoms with Gasteiger partial charge in [0, 0.05) is 43.3 Å². The molecule has 0 fully saturated rings. The van der Waals surface area contributed by atoms with Crippen molar-refractivity contribution in [2.45, 2.75) is 0 Å². The minimum atomic E-state index is 1.11. The van der Waals surface area contributed by atoms with E-state index in [0.29, 0.717) is 0 Å². The van der Waals surface area contributed by atoms with Crippen LogP contribution in [0.2, 0.25) is 0 Å². The monoisotopic (exact) mass is 718 g/mol. The summed E-state index contributed by atoms with van der Waals surface area (Å²) in [5.74, 6) is 0. The molecule has 0 aliphatic carbocycles. The average Bonchev–Trinajstić information content (AvgIpc) is 3.82. The van der Waals surface area contributed by atoms with Crippen molar-refractivity contribution in [3.05, 3.63) is 206 Å². The number of hydrogen-bond donors (Lipinski definition) is 0. The Hall–Kier alpha value is -6.94. The number of nitrogens with zero attached hydrogens (tertiary/aromatic N) is 2. The van der Waals surface area contributed by atoms with E-state index in [0.717, 1.165) is 17.1 Å². The number of rotatable bonds is 6. The first-order chi connectivity index (χ1) is 27.3. The van der Waals surface area contributed by atoms with Gasteiger partial charge in [-0.05, 0) is 87.6 Å². The average molecular weight is 719 g/mol. The first kappa shape index (κ1) is 31.6. The second-order valence-electron chi connectivity index (χ2n) is 14.1. The minimum absolute atomic E-state index is 1.11. The zero-order valence-electron chi connectivity index (χ0n) is 29.9. The highest BCUT2D eigenvalue weighted by atomic mass is 32.1. The topological polar surface area (TPSA) is 8.17 Å². The Morgan fingerprint density at radius 2 is 0.927 bits per heavy atom. The van der Waals surface area contributed by atoms with Crippen LogP contribution in [0, 0.1) is 0 Å². The summed E-state index contributed by atoms with van der Waals surface area (Å²) < 4.78 is 5.00. The van der Waals surface area contributed by atoms with E-state index in [4.69, 9.17) is 0 Å². The minimum Gasteiger partial charge on any atom is -0.309 e. The number of anilines is 3. The summed E-state index contributed by atoms with van der Waals surface area (Å²) in [5.41, 5.74) is 11.8. The van der Waals surface area contributed by atoms with Crippen molar-refractivity contribution in [3.8, 4) is 27.9 Å². The zero-order chi connectivity index (χ0) is 36.3. The Balaban J connectivity index is 1.06. The van der Waals surface area contributed by atoms with Crippen molar-refractivity contribution < 1.29 is 0 Å². The van der Waals surface area contributed by atoms with E-state index < -0.39 is 0 Å². The van der Waals surface area contributed by atoms with Crippen molar-refractivity contribution >= 4 is 81.1 Å². The summed E-state index contributed by atoms with van der Waals surface area (Å²) in [7, 11) is 0. The number of fused-ring (bicyclic) bond motifs is 8. The number of benzene rings is 9. The van der Waals surface area contributed by atoms with Gasteiger partial charge in [0.15, 0.2) is 0 Å². The standard InChI is InChI=1S/C52H34N2S/c1-2-13-35(14-3-1)38-16-10-18-41(33-38)53(50-26-12-23-46-47-32-29-37-15-4-5-20-43(37)51(47)55-52(46)50)40-30-27-36(28-31-40)39-17-11-19-42(34-39)54-48-24-8-6-21-44(48)45-22-7-9-25-49(45)54/h1-34H. The van der Waals surface area contributed by atoms with Crippen molar-refractivity contribution in [2.75, 3.05) is 4.90 Å². The lowest BCUT2D eigenvalue weighted by molar-refractivity contribution is 1.18. The second kappa shape index (κ2) is 12.9. The van der Waals surface area contributed by atoms with Crippen LogP contribution in [0.3, 0.4) is 0 Å². The van der Waals surface area contributed by atoms with Crippen LogP contribution in [0.25, 0.3) is 80.7 Å². The Kier molecular flexibility index (Phi) is 7.39. The predicted octanol–water partition coefficient (Wildman–Crippen LogP) is 15.1. The lowest BCUT2D eigenvalue weighted by atomic mass is 10.0. The third-order valence-corrected chi connectivity index (χ3v) is 12.2. The highest BCUT2D eigenvalue weighted by Gasteiger charge is 2.20. The first-order valence-electron chi connectivity index (χ1n) is 18.8. The highest BCUT2D eigenvalue weighted by Crippen LogP contribution is 2.47. The van der Waals surface area contributed by atoms with Gasteiger partial charge in [-0.1, -0.05) is 152 Å². The summed E-state index contributed by atoms with van der Waals surface area (Å²) in [6.07, 6.45) is 0. The van der Waals surface area contributed by atoms with Crippen LogP contribution in [0.1, 0.15) is 0 Å². The quantitative estimate of drug-likeness (QED) is 0.166. The first-order valence-corrected chi connectivity index (χ1v) is 19.6. The molecule has 2 nitrogen and oxygen atoms in total. The van der Waals surface area contributed by atoms with Crippen molar-refractivity contribution in [1.29, 1.82) is 0 Å². The van der Waals surface area contributed by atoms with Gasteiger partial charge in [-0.3, -0.25) is 0 Å². The van der Waals surface area contributed by atoms with Gasteiger partial charge in [0.05, 0.1) is 21.4 Å². The molecule has 11 rings (SSSR count). The van der Waals surface area contributed by atoms with E-state index in [1.807, 2.05) is 11.3 Å². The van der Waals surface area contributed by atoms with Crippen LogP contribution in [-0.4, -0.2) is 4.57 Å². The maximum atomic E-state index is 2.44. The fourth-order valence-electron chi connectivity index (χ4n) is 8.40. The van der Waals surface area contributed by atoms with Crippen LogP contribution in [0.5, 0.6) is 0 Å².